The van der Waals surface area contributed by atoms with Gasteiger partial charge in [0, 0.05) is 5.41 Å². The van der Waals surface area contributed by atoms with Crippen molar-refractivity contribution in [2.24, 2.45) is 15.9 Å². The summed E-state index contributed by atoms with van der Waals surface area (Å²) in [6.45, 7) is 0.149. The van der Waals surface area contributed by atoms with E-state index in [9.17, 15) is 5.11 Å². The van der Waals surface area contributed by atoms with Gasteiger partial charge >= 0.3 is 0 Å². The molecule has 0 aromatic heterocycles. The first-order chi connectivity index (χ1) is 12.8. The Kier molecular flexibility index (Phi) is 3.54. The zero-order valence-electron chi connectivity index (χ0n) is 14.5. The lowest BCUT2D eigenvalue weighted by atomic mass is 9.77. The third-order valence-electron chi connectivity index (χ3n) is 5.93. The van der Waals surface area contributed by atoms with Crippen LogP contribution >= 0.6 is 0 Å². The Balaban J connectivity index is 1.52. The van der Waals surface area contributed by atoms with Crippen molar-refractivity contribution in [3.05, 3.63) is 83.1 Å². The van der Waals surface area contributed by atoms with Crippen LogP contribution in [0.1, 0.15) is 28.3 Å². The molecule has 0 fully saturated rings. The standard InChI is InChI=1S/C22H21N3O/c26-13-22(11-16-4-1-2-5-17(16)12-22)18-7-3-6-15(10-18)20-19-8-9-23-21(19)25-14-24-20/h1-10,14,19-20,26H,11-13H2,(H,23,24,25). The first-order valence-electron chi connectivity index (χ1n) is 9.10. The van der Waals surface area contributed by atoms with Gasteiger partial charge in [-0.3, -0.25) is 4.99 Å². The number of benzene rings is 2. The van der Waals surface area contributed by atoms with Crippen molar-refractivity contribution in [3.8, 4) is 0 Å². The molecule has 2 heterocycles. The minimum atomic E-state index is -0.237. The average Bonchev–Trinajstić information content (AvgIpc) is 3.32. The lowest BCUT2D eigenvalue weighted by Gasteiger charge is -2.29. The number of nitrogens with one attached hydrogen (secondary N) is 1. The van der Waals surface area contributed by atoms with E-state index in [2.05, 4.69) is 69.9 Å². The Hall–Kier alpha value is -2.72. The van der Waals surface area contributed by atoms with E-state index in [0.717, 1.165) is 18.7 Å². The van der Waals surface area contributed by atoms with Crippen LogP contribution in [-0.4, -0.2) is 23.9 Å². The lowest BCUT2D eigenvalue weighted by Crippen LogP contribution is -2.32. The van der Waals surface area contributed by atoms with Crippen LogP contribution in [0, 0.1) is 5.92 Å². The summed E-state index contributed by atoms with van der Waals surface area (Å²) in [4.78, 5) is 8.97. The molecule has 3 aliphatic rings. The van der Waals surface area contributed by atoms with Gasteiger partial charge in [0.15, 0.2) is 0 Å². The lowest BCUT2D eigenvalue weighted by molar-refractivity contribution is 0.198. The van der Waals surface area contributed by atoms with Gasteiger partial charge in [-0.15, -0.1) is 0 Å². The predicted octanol–water partition coefficient (Wildman–Crippen LogP) is 2.93. The molecular weight excluding hydrogens is 322 g/mol. The number of aliphatic hydroxyl groups excluding tert-OH is 1. The molecular formula is C22H21N3O. The van der Waals surface area contributed by atoms with Crippen molar-refractivity contribution in [2.75, 3.05) is 6.61 Å². The molecule has 26 heavy (non-hydrogen) atoms. The highest BCUT2D eigenvalue weighted by Gasteiger charge is 2.39. The molecule has 0 radical (unpaired) electrons. The van der Waals surface area contributed by atoms with Gasteiger partial charge in [0.25, 0.3) is 0 Å². The molecule has 1 aliphatic carbocycles. The summed E-state index contributed by atoms with van der Waals surface area (Å²) in [7, 11) is 0. The number of rotatable bonds is 3. The maximum Gasteiger partial charge on any atom is 0.117 e. The molecule has 0 spiro atoms. The van der Waals surface area contributed by atoms with Crippen LogP contribution in [0.25, 0.3) is 0 Å². The fraction of sp³-hybridized carbons (Fsp3) is 0.273. The molecule has 2 aromatic rings. The summed E-state index contributed by atoms with van der Waals surface area (Å²) < 4.78 is 0. The molecule has 2 N–H and O–H groups in total. The fourth-order valence-electron chi connectivity index (χ4n) is 4.51. The van der Waals surface area contributed by atoms with Gasteiger partial charge in [0.1, 0.15) is 12.2 Å². The van der Waals surface area contributed by atoms with Crippen molar-refractivity contribution in [2.45, 2.75) is 24.3 Å². The molecule has 0 saturated heterocycles. The highest BCUT2D eigenvalue weighted by atomic mass is 16.3. The molecule has 2 atom stereocenters. The van der Waals surface area contributed by atoms with E-state index in [1.54, 1.807) is 6.34 Å². The van der Waals surface area contributed by atoms with Gasteiger partial charge in [-0.1, -0.05) is 54.6 Å². The summed E-state index contributed by atoms with van der Waals surface area (Å²) in [5.74, 6) is 1.13. The van der Waals surface area contributed by atoms with E-state index in [-0.39, 0.29) is 24.0 Å². The first kappa shape index (κ1) is 15.5. The zero-order chi connectivity index (χ0) is 17.6. The van der Waals surface area contributed by atoms with Gasteiger partial charge in [-0.05, 0) is 41.3 Å². The number of aliphatic imine (C=N–C) groups is 2. The van der Waals surface area contributed by atoms with Crippen molar-refractivity contribution < 1.29 is 5.11 Å². The number of aliphatic hydroxyl groups is 1. The maximum atomic E-state index is 10.3. The fourth-order valence-corrected chi connectivity index (χ4v) is 4.51. The van der Waals surface area contributed by atoms with Crippen LogP contribution in [0.2, 0.25) is 0 Å². The number of amidine groups is 1. The van der Waals surface area contributed by atoms with Crippen LogP contribution in [0.4, 0.5) is 0 Å². The predicted molar refractivity (Wildman–Crippen MR) is 103 cm³/mol. The molecule has 2 aromatic carbocycles. The Labute approximate surface area is 153 Å². The van der Waals surface area contributed by atoms with E-state index in [4.69, 9.17) is 0 Å². The van der Waals surface area contributed by atoms with E-state index in [0.29, 0.717) is 0 Å². The molecule has 2 aliphatic heterocycles. The molecule has 4 nitrogen and oxygen atoms in total. The van der Waals surface area contributed by atoms with Crippen molar-refractivity contribution in [1.82, 2.24) is 5.32 Å². The van der Waals surface area contributed by atoms with Crippen LogP contribution in [0.5, 0.6) is 0 Å². The van der Waals surface area contributed by atoms with Crippen LogP contribution in [0.15, 0.2) is 70.8 Å². The minimum absolute atomic E-state index is 0.0354. The zero-order valence-corrected chi connectivity index (χ0v) is 14.5. The Morgan fingerprint density at radius 1 is 1.08 bits per heavy atom. The summed E-state index contributed by atoms with van der Waals surface area (Å²) in [5.41, 5.74) is 4.83. The number of nitrogens with zero attached hydrogens (tertiary/aromatic N) is 2. The molecule has 2 unspecified atom stereocenters. The number of hydrogen-bond acceptors (Lipinski definition) is 4. The van der Waals surface area contributed by atoms with E-state index in [1.807, 2.05) is 6.20 Å². The maximum absolute atomic E-state index is 10.3. The Bertz CT molecular complexity index is 919. The van der Waals surface area contributed by atoms with Crippen LogP contribution in [-0.2, 0) is 18.3 Å². The third-order valence-corrected chi connectivity index (χ3v) is 5.93. The molecule has 0 bridgehead atoms. The molecule has 5 rings (SSSR count). The average molecular weight is 343 g/mol. The third kappa shape index (κ3) is 2.33. The van der Waals surface area contributed by atoms with Crippen molar-refractivity contribution in [1.29, 1.82) is 0 Å². The second kappa shape index (κ2) is 5.92. The quantitative estimate of drug-likeness (QED) is 0.900. The SMILES string of the molecule is OCC1(c2cccc(C3N=CN=C4NC=CC43)c2)Cc2ccccc2C1. The smallest absolute Gasteiger partial charge is 0.117 e. The van der Waals surface area contributed by atoms with Gasteiger partial charge in [0.05, 0.1) is 18.6 Å². The van der Waals surface area contributed by atoms with Crippen LogP contribution in [0.3, 0.4) is 0 Å². The summed E-state index contributed by atoms with van der Waals surface area (Å²) in [6.07, 6.45) is 7.48. The van der Waals surface area contributed by atoms with Crippen molar-refractivity contribution >= 4 is 12.2 Å². The second-order valence-electron chi connectivity index (χ2n) is 7.44. The van der Waals surface area contributed by atoms with Gasteiger partial charge in [0.2, 0.25) is 0 Å². The summed E-state index contributed by atoms with van der Waals surface area (Å²) >= 11 is 0. The number of hydrogen-bond donors (Lipinski definition) is 2. The molecule has 130 valence electrons. The van der Waals surface area contributed by atoms with Gasteiger partial charge in [-0.2, -0.15) is 0 Å². The first-order valence-corrected chi connectivity index (χ1v) is 9.10. The van der Waals surface area contributed by atoms with Gasteiger partial charge in [-0.25, -0.2) is 4.99 Å². The largest absolute Gasteiger partial charge is 0.395 e. The highest BCUT2D eigenvalue weighted by Crippen LogP contribution is 2.41. The highest BCUT2D eigenvalue weighted by molar-refractivity contribution is 5.96. The Morgan fingerprint density at radius 2 is 1.88 bits per heavy atom. The van der Waals surface area contributed by atoms with Gasteiger partial charge < -0.3 is 10.4 Å². The molecule has 0 amide bonds. The topological polar surface area (TPSA) is 57.0 Å². The van der Waals surface area contributed by atoms with E-state index < -0.39 is 0 Å². The van der Waals surface area contributed by atoms with E-state index in [1.165, 1.54) is 22.3 Å². The second-order valence-corrected chi connectivity index (χ2v) is 7.44. The monoisotopic (exact) mass is 343 g/mol. The van der Waals surface area contributed by atoms with Crippen LogP contribution < -0.4 is 5.32 Å². The normalized spacial score (nSPS) is 24.7. The molecule has 4 heteroatoms. The summed E-state index contributed by atoms with van der Waals surface area (Å²) in [5, 5.41) is 13.5. The van der Waals surface area contributed by atoms with E-state index >= 15 is 0 Å². The summed E-state index contributed by atoms with van der Waals surface area (Å²) in [6, 6.07) is 17.2. The Morgan fingerprint density at radius 3 is 2.65 bits per heavy atom. The molecule has 0 saturated carbocycles. The van der Waals surface area contributed by atoms with Crippen molar-refractivity contribution in [3.63, 3.8) is 0 Å². The number of fused-ring (bicyclic) bond motifs is 2. The minimum Gasteiger partial charge on any atom is -0.395 e.